The lowest BCUT2D eigenvalue weighted by atomic mass is 10.2. The van der Waals surface area contributed by atoms with Crippen LogP contribution in [0.2, 0.25) is 0 Å². The zero-order valence-electron chi connectivity index (χ0n) is 12.0. The van der Waals surface area contributed by atoms with E-state index in [1.165, 1.54) is 24.0 Å². The number of anilines is 1. The van der Waals surface area contributed by atoms with Crippen LogP contribution in [-0.2, 0) is 21.2 Å². The van der Waals surface area contributed by atoms with E-state index in [1.54, 1.807) is 6.07 Å². The van der Waals surface area contributed by atoms with Crippen LogP contribution in [0.25, 0.3) is 0 Å². The summed E-state index contributed by atoms with van der Waals surface area (Å²) in [6.07, 6.45) is 0.633. The Morgan fingerprint density at radius 2 is 2.14 bits per heavy atom. The van der Waals surface area contributed by atoms with Gasteiger partial charge in [0.05, 0.1) is 18.0 Å². The van der Waals surface area contributed by atoms with E-state index in [0.717, 1.165) is 5.56 Å². The number of alkyl halides is 2. The molecule has 1 aliphatic heterocycles. The average Bonchev–Trinajstić information content (AvgIpc) is 2.88. The molecule has 9 heteroatoms. The summed E-state index contributed by atoms with van der Waals surface area (Å²) >= 11 is 0. The van der Waals surface area contributed by atoms with Gasteiger partial charge in [-0.15, -0.1) is 0 Å². The lowest BCUT2D eigenvalue weighted by Gasteiger charge is -2.17. The summed E-state index contributed by atoms with van der Waals surface area (Å²) in [5, 5.41) is 0. The van der Waals surface area contributed by atoms with Crippen molar-refractivity contribution in [2.45, 2.75) is 24.2 Å². The van der Waals surface area contributed by atoms with Gasteiger partial charge in [-0.25, -0.2) is 21.9 Å². The van der Waals surface area contributed by atoms with Crippen molar-refractivity contribution in [2.24, 2.45) is 5.73 Å². The average molecular weight is 333 g/mol. The minimum atomic E-state index is -4.10. The first kappa shape index (κ1) is 16.8. The van der Waals surface area contributed by atoms with Gasteiger partial charge in [0, 0.05) is 19.2 Å². The Bertz CT molecular complexity index is 692. The molecule has 0 fully saturated rings. The lowest BCUT2D eigenvalue weighted by Crippen LogP contribution is -2.41. The number of benzene rings is 1. The standard InChI is InChI=1S/C13H17F2N3O3S/c1-9(19)18-5-4-10-2-3-11(6-12(10)18)22(20,21)17-8-13(14,15)7-16/h2-3,6,17H,4-5,7-8,16H2,1H3. The van der Waals surface area contributed by atoms with Crippen LogP contribution < -0.4 is 15.4 Å². The van der Waals surface area contributed by atoms with Gasteiger partial charge in [-0.1, -0.05) is 6.07 Å². The first-order chi connectivity index (χ1) is 10.2. The predicted octanol–water partition coefficient (Wildman–Crippen LogP) is 0.468. The number of amides is 1. The highest BCUT2D eigenvalue weighted by molar-refractivity contribution is 7.89. The van der Waals surface area contributed by atoms with Gasteiger partial charge in [0.15, 0.2) is 0 Å². The van der Waals surface area contributed by atoms with E-state index in [2.05, 4.69) is 0 Å². The van der Waals surface area contributed by atoms with Crippen LogP contribution in [0.3, 0.4) is 0 Å². The molecule has 1 aromatic carbocycles. The SMILES string of the molecule is CC(=O)N1CCc2ccc(S(=O)(=O)NCC(F)(F)CN)cc21. The number of fused-ring (bicyclic) bond motifs is 1. The van der Waals surface area contributed by atoms with Crippen LogP contribution in [-0.4, -0.2) is 39.9 Å². The Morgan fingerprint density at radius 3 is 2.73 bits per heavy atom. The molecular formula is C13H17F2N3O3S. The molecule has 0 saturated carbocycles. The molecule has 3 N–H and O–H groups in total. The van der Waals surface area contributed by atoms with E-state index in [0.29, 0.717) is 18.7 Å². The van der Waals surface area contributed by atoms with Crippen molar-refractivity contribution in [1.29, 1.82) is 0 Å². The van der Waals surface area contributed by atoms with Gasteiger partial charge in [0.2, 0.25) is 15.9 Å². The number of halogens is 2. The predicted molar refractivity (Wildman–Crippen MR) is 77.4 cm³/mol. The Morgan fingerprint density at radius 1 is 1.45 bits per heavy atom. The fourth-order valence-corrected chi connectivity index (χ4v) is 3.29. The number of carbonyl (C=O) groups excluding carboxylic acids is 1. The Hall–Kier alpha value is -1.58. The summed E-state index contributed by atoms with van der Waals surface area (Å²) in [7, 11) is -4.10. The van der Waals surface area contributed by atoms with Gasteiger partial charge in [-0.2, -0.15) is 0 Å². The third-order valence-electron chi connectivity index (χ3n) is 3.46. The quantitative estimate of drug-likeness (QED) is 0.819. The second-order valence-electron chi connectivity index (χ2n) is 5.10. The molecule has 0 bridgehead atoms. The van der Waals surface area contributed by atoms with Crippen LogP contribution in [0, 0.1) is 0 Å². The molecule has 0 aliphatic carbocycles. The maximum atomic E-state index is 13.1. The van der Waals surface area contributed by atoms with Gasteiger partial charge < -0.3 is 10.6 Å². The third-order valence-corrected chi connectivity index (χ3v) is 4.86. The molecule has 122 valence electrons. The summed E-state index contributed by atoms with van der Waals surface area (Å²) in [5.74, 6) is -3.51. The van der Waals surface area contributed by atoms with Crippen molar-refractivity contribution >= 4 is 21.6 Å². The number of hydrogen-bond donors (Lipinski definition) is 2. The van der Waals surface area contributed by atoms with Crippen molar-refractivity contribution in [3.05, 3.63) is 23.8 Å². The maximum absolute atomic E-state index is 13.1. The maximum Gasteiger partial charge on any atom is 0.273 e. The van der Waals surface area contributed by atoms with E-state index in [4.69, 9.17) is 5.73 Å². The van der Waals surface area contributed by atoms with E-state index >= 15 is 0 Å². The van der Waals surface area contributed by atoms with Crippen LogP contribution in [0.1, 0.15) is 12.5 Å². The van der Waals surface area contributed by atoms with Gasteiger partial charge >= 0.3 is 0 Å². The Labute approximate surface area is 127 Å². The van der Waals surface area contributed by atoms with E-state index in [1.807, 2.05) is 4.72 Å². The summed E-state index contributed by atoms with van der Waals surface area (Å²) in [5.41, 5.74) is 6.22. The molecule has 2 rings (SSSR count). The number of rotatable bonds is 5. The molecule has 22 heavy (non-hydrogen) atoms. The Kier molecular flexibility index (Phi) is 4.50. The van der Waals surface area contributed by atoms with Crippen molar-refractivity contribution < 1.29 is 22.0 Å². The molecule has 0 atom stereocenters. The fourth-order valence-electron chi connectivity index (χ4n) is 2.21. The van der Waals surface area contributed by atoms with Crippen molar-refractivity contribution in [1.82, 2.24) is 4.72 Å². The van der Waals surface area contributed by atoms with Crippen molar-refractivity contribution in [3.8, 4) is 0 Å². The monoisotopic (exact) mass is 333 g/mol. The van der Waals surface area contributed by atoms with E-state index < -0.39 is 29.0 Å². The highest BCUT2D eigenvalue weighted by atomic mass is 32.2. The molecule has 1 amide bonds. The number of hydrogen-bond acceptors (Lipinski definition) is 4. The van der Waals surface area contributed by atoms with Crippen LogP contribution in [0.5, 0.6) is 0 Å². The summed E-state index contributed by atoms with van der Waals surface area (Å²) < 4.78 is 52.2. The molecule has 0 saturated heterocycles. The van der Waals surface area contributed by atoms with Gasteiger partial charge in [-0.05, 0) is 24.1 Å². The van der Waals surface area contributed by atoms with Crippen LogP contribution >= 0.6 is 0 Å². The minimum Gasteiger partial charge on any atom is -0.325 e. The fraction of sp³-hybridized carbons (Fsp3) is 0.462. The zero-order valence-corrected chi connectivity index (χ0v) is 12.8. The summed E-state index contributed by atoms with van der Waals surface area (Å²) in [6, 6.07) is 4.26. The topological polar surface area (TPSA) is 92.5 Å². The van der Waals surface area contributed by atoms with Gasteiger partial charge in [-0.3, -0.25) is 4.79 Å². The second kappa shape index (κ2) is 5.90. The number of nitrogens with one attached hydrogen (secondary N) is 1. The number of nitrogens with zero attached hydrogens (tertiary/aromatic N) is 1. The molecule has 1 aliphatic rings. The van der Waals surface area contributed by atoms with Crippen molar-refractivity contribution in [3.63, 3.8) is 0 Å². The summed E-state index contributed by atoms with van der Waals surface area (Å²) in [6.45, 7) is -0.152. The van der Waals surface area contributed by atoms with E-state index in [9.17, 15) is 22.0 Å². The van der Waals surface area contributed by atoms with Gasteiger partial charge in [0.1, 0.15) is 0 Å². The van der Waals surface area contributed by atoms with E-state index in [-0.39, 0.29) is 10.8 Å². The Balaban J connectivity index is 2.26. The molecule has 0 spiro atoms. The van der Waals surface area contributed by atoms with Gasteiger partial charge in [0.25, 0.3) is 5.92 Å². The smallest absolute Gasteiger partial charge is 0.273 e. The summed E-state index contributed by atoms with van der Waals surface area (Å²) in [4.78, 5) is 12.8. The van der Waals surface area contributed by atoms with Crippen molar-refractivity contribution in [2.75, 3.05) is 24.5 Å². The number of sulfonamides is 1. The highest BCUT2D eigenvalue weighted by Crippen LogP contribution is 2.30. The number of nitrogens with two attached hydrogens (primary N) is 1. The third kappa shape index (κ3) is 3.42. The first-order valence-corrected chi connectivity index (χ1v) is 8.13. The molecular weight excluding hydrogens is 316 g/mol. The molecule has 0 unspecified atom stereocenters. The largest absolute Gasteiger partial charge is 0.325 e. The lowest BCUT2D eigenvalue weighted by molar-refractivity contribution is -0.116. The van der Waals surface area contributed by atoms with Crippen LogP contribution in [0.4, 0.5) is 14.5 Å². The second-order valence-corrected chi connectivity index (χ2v) is 6.86. The molecule has 1 aromatic rings. The molecule has 0 aromatic heterocycles. The first-order valence-electron chi connectivity index (χ1n) is 6.65. The molecule has 6 nitrogen and oxygen atoms in total. The zero-order chi connectivity index (χ0) is 16.5. The minimum absolute atomic E-state index is 0.160. The van der Waals surface area contributed by atoms with Crippen LogP contribution in [0.15, 0.2) is 23.1 Å². The normalized spacial score (nSPS) is 15.0. The molecule has 0 radical (unpaired) electrons. The molecule has 1 heterocycles. The highest BCUT2D eigenvalue weighted by Gasteiger charge is 2.30. The number of carbonyl (C=O) groups is 1.